The lowest BCUT2D eigenvalue weighted by molar-refractivity contribution is -0.146. The average Bonchev–Trinajstić information content (AvgIpc) is 3.47. The van der Waals surface area contributed by atoms with Gasteiger partial charge in [0.25, 0.3) is 0 Å². The quantitative estimate of drug-likeness (QED) is 0.415. The van der Waals surface area contributed by atoms with Crippen molar-refractivity contribution in [1.82, 2.24) is 0 Å². The molecule has 0 aromatic heterocycles. The standard InChI is InChI=1S/C20H12O7/c21-9-6-7-13-14-8(9)2-1-3-12(14)26-20(27-13)16-11(23)5-4-10(22)15(16)17(24)18-19(20)25-18/h1-7,18-19,21-23H. The lowest BCUT2D eigenvalue weighted by atomic mass is 9.83. The number of carbonyl (C=O) groups is 1. The SMILES string of the molecule is O=C1c2c(O)ccc(O)c2C2(Oc3cccc4c(O)ccc(c34)O2)C2OC12. The van der Waals surface area contributed by atoms with E-state index in [1.807, 2.05) is 0 Å². The van der Waals surface area contributed by atoms with Crippen LogP contribution in [0.3, 0.4) is 0 Å². The molecule has 3 aromatic rings. The van der Waals surface area contributed by atoms with Crippen LogP contribution in [0, 0.1) is 0 Å². The number of carbonyl (C=O) groups excluding carboxylic acids is 1. The van der Waals surface area contributed by atoms with Crippen LogP contribution in [0.4, 0.5) is 0 Å². The normalized spacial score (nSPS) is 26.9. The van der Waals surface area contributed by atoms with Crippen molar-refractivity contribution in [2.24, 2.45) is 0 Å². The molecule has 3 atom stereocenters. The van der Waals surface area contributed by atoms with Crippen LogP contribution in [0.25, 0.3) is 10.8 Å². The largest absolute Gasteiger partial charge is 0.507 e. The summed E-state index contributed by atoms with van der Waals surface area (Å²) in [7, 11) is 0. The van der Waals surface area contributed by atoms with Gasteiger partial charge >= 0.3 is 5.79 Å². The van der Waals surface area contributed by atoms with Crippen LogP contribution in [-0.2, 0) is 10.5 Å². The van der Waals surface area contributed by atoms with E-state index in [9.17, 15) is 20.1 Å². The average molecular weight is 364 g/mol. The van der Waals surface area contributed by atoms with Crippen molar-refractivity contribution in [2.75, 3.05) is 0 Å². The number of hydrogen-bond acceptors (Lipinski definition) is 7. The van der Waals surface area contributed by atoms with E-state index in [1.54, 1.807) is 24.3 Å². The molecule has 0 saturated carbocycles. The summed E-state index contributed by atoms with van der Waals surface area (Å²) < 4.78 is 17.9. The van der Waals surface area contributed by atoms with Gasteiger partial charge in [-0.05, 0) is 30.3 Å². The first kappa shape index (κ1) is 14.7. The molecule has 3 aromatic carbocycles. The maximum absolute atomic E-state index is 12.6. The summed E-state index contributed by atoms with van der Waals surface area (Å²) >= 11 is 0. The number of rotatable bonds is 0. The predicted octanol–water partition coefficient (Wildman–Crippen LogP) is 2.54. The van der Waals surface area contributed by atoms with E-state index in [2.05, 4.69) is 0 Å². The molecular formula is C20H12O7. The number of fused-ring (bicyclic) bond motifs is 4. The molecule has 3 N–H and O–H groups in total. The molecule has 7 nitrogen and oxygen atoms in total. The number of ether oxygens (including phenoxy) is 3. The van der Waals surface area contributed by atoms with Gasteiger partial charge in [0.2, 0.25) is 0 Å². The monoisotopic (exact) mass is 364 g/mol. The van der Waals surface area contributed by atoms with Crippen molar-refractivity contribution in [3.8, 4) is 28.7 Å². The Balaban J connectivity index is 1.66. The molecule has 1 spiro atoms. The van der Waals surface area contributed by atoms with Gasteiger partial charge < -0.3 is 29.5 Å². The Kier molecular flexibility index (Phi) is 2.42. The van der Waals surface area contributed by atoms with Gasteiger partial charge in [0, 0.05) is 5.39 Å². The Labute approximate surface area is 151 Å². The number of Topliss-reactive ketones (excluding diaryl/α,β-unsaturated/α-hetero) is 1. The zero-order valence-corrected chi connectivity index (χ0v) is 13.7. The minimum Gasteiger partial charge on any atom is -0.507 e. The molecule has 2 aliphatic heterocycles. The fourth-order valence-electron chi connectivity index (χ4n) is 4.13. The Hall–Kier alpha value is -3.45. The van der Waals surface area contributed by atoms with Crippen LogP contribution < -0.4 is 9.47 Å². The number of phenols is 3. The van der Waals surface area contributed by atoms with E-state index < -0.39 is 23.8 Å². The van der Waals surface area contributed by atoms with Gasteiger partial charge in [-0.25, -0.2) is 0 Å². The second kappa shape index (κ2) is 4.44. The number of hydrogen-bond donors (Lipinski definition) is 3. The van der Waals surface area contributed by atoms with E-state index >= 15 is 0 Å². The smallest absolute Gasteiger partial charge is 0.312 e. The second-order valence-corrected chi connectivity index (χ2v) is 6.83. The number of aromatic hydroxyl groups is 3. The summed E-state index contributed by atoms with van der Waals surface area (Å²) in [6, 6.07) is 10.8. The first-order chi connectivity index (χ1) is 13.0. The maximum atomic E-state index is 12.6. The minimum absolute atomic E-state index is 0.0435. The zero-order valence-electron chi connectivity index (χ0n) is 13.7. The van der Waals surface area contributed by atoms with Crippen LogP contribution in [0.2, 0.25) is 0 Å². The lowest BCUT2D eigenvalue weighted by Crippen LogP contribution is -2.51. The molecule has 7 heteroatoms. The van der Waals surface area contributed by atoms with Crippen molar-refractivity contribution in [3.63, 3.8) is 0 Å². The first-order valence-electron chi connectivity index (χ1n) is 8.39. The fourth-order valence-corrected chi connectivity index (χ4v) is 4.13. The van der Waals surface area contributed by atoms with E-state index in [4.69, 9.17) is 14.2 Å². The molecule has 1 saturated heterocycles. The highest BCUT2D eigenvalue weighted by molar-refractivity contribution is 6.07. The Morgan fingerprint density at radius 3 is 2.37 bits per heavy atom. The summed E-state index contributed by atoms with van der Waals surface area (Å²) in [5.74, 6) is -1.63. The van der Waals surface area contributed by atoms with Gasteiger partial charge in [-0.1, -0.05) is 12.1 Å². The fraction of sp³-hybridized carbons (Fsp3) is 0.150. The van der Waals surface area contributed by atoms with E-state index in [-0.39, 0.29) is 28.4 Å². The van der Waals surface area contributed by atoms with Gasteiger partial charge in [-0.3, -0.25) is 4.79 Å². The Bertz CT molecular complexity index is 1170. The molecule has 0 amide bonds. The van der Waals surface area contributed by atoms with Crippen molar-refractivity contribution in [3.05, 3.63) is 53.6 Å². The van der Waals surface area contributed by atoms with Crippen molar-refractivity contribution >= 4 is 16.6 Å². The number of phenolic OH excluding ortho intramolecular Hbond substituents is 3. The Morgan fingerprint density at radius 1 is 0.852 bits per heavy atom. The summed E-state index contributed by atoms with van der Waals surface area (Å²) in [4.78, 5) is 12.6. The molecule has 2 heterocycles. The van der Waals surface area contributed by atoms with Gasteiger partial charge in [0.1, 0.15) is 28.7 Å². The molecule has 27 heavy (non-hydrogen) atoms. The maximum Gasteiger partial charge on any atom is 0.312 e. The summed E-state index contributed by atoms with van der Waals surface area (Å²) in [5.41, 5.74) is -0.0230. The highest BCUT2D eigenvalue weighted by Crippen LogP contribution is 2.58. The van der Waals surface area contributed by atoms with Crippen molar-refractivity contribution in [1.29, 1.82) is 0 Å². The van der Waals surface area contributed by atoms with E-state index in [1.165, 1.54) is 18.2 Å². The first-order valence-corrected chi connectivity index (χ1v) is 8.39. The van der Waals surface area contributed by atoms with Crippen LogP contribution in [0.1, 0.15) is 15.9 Å². The highest BCUT2D eigenvalue weighted by Gasteiger charge is 2.70. The molecule has 0 radical (unpaired) electrons. The van der Waals surface area contributed by atoms with E-state index in [0.717, 1.165) is 0 Å². The molecule has 3 unspecified atom stereocenters. The number of epoxide rings is 1. The molecule has 134 valence electrons. The highest BCUT2D eigenvalue weighted by atomic mass is 16.8. The van der Waals surface area contributed by atoms with Gasteiger partial charge in [-0.15, -0.1) is 0 Å². The van der Waals surface area contributed by atoms with Crippen LogP contribution in [-0.4, -0.2) is 33.3 Å². The number of ketones is 1. The lowest BCUT2D eigenvalue weighted by Gasteiger charge is -2.40. The Morgan fingerprint density at radius 2 is 1.56 bits per heavy atom. The van der Waals surface area contributed by atoms with Crippen molar-refractivity contribution < 1.29 is 34.3 Å². The van der Waals surface area contributed by atoms with Gasteiger partial charge in [-0.2, -0.15) is 0 Å². The molecule has 0 bridgehead atoms. The third-order valence-electron chi connectivity index (χ3n) is 5.35. The van der Waals surface area contributed by atoms with Crippen LogP contribution in [0.15, 0.2) is 42.5 Å². The van der Waals surface area contributed by atoms with Crippen LogP contribution >= 0.6 is 0 Å². The zero-order chi connectivity index (χ0) is 18.5. The van der Waals surface area contributed by atoms with Gasteiger partial charge in [0.05, 0.1) is 16.5 Å². The molecule has 6 rings (SSSR count). The molecular weight excluding hydrogens is 352 g/mol. The van der Waals surface area contributed by atoms with E-state index in [0.29, 0.717) is 22.3 Å². The molecule has 3 aliphatic rings. The number of benzene rings is 3. The topological polar surface area (TPSA) is 109 Å². The molecule has 1 aliphatic carbocycles. The third-order valence-corrected chi connectivity index (χ3v) is 5.35. The second-order valence-electron chi connectivity index (χ2n) is 6.83. The van der Waals surface area contributed by atoms with Crippen molar-refractivity contribution in [2.45, 2.75) is 18.0 Å². The van der Waals surface area contributed by atoms with Crippen LogP contribution in [0.5, 0.6) is 28.7 Å². The van der Waals surface area contributed by atoms with Gasteiger partial charge in [0.15, 0.2) is 18.0 Å². The molecule has 1 fully saturated rings. The summed E-state index contributed by atoms with van der Waals surface area (Å²) in [6.07, 6.45) is -1.58. The summed E-state index contributed by atoms with van der Waals surface area (Å²) in [6.45, 7) is 0. The minimum atomic E-state index is -1.62. The third kappa shape index (κ3) is 1.63. The predicted molar refractivity (Wildman–Crippen MR) is 91.3 cm³/mol. The summed E-state index contributed by atoms with van der Waals surface area (Å²) in [5, 5.41) is 32.0.